The van der Waals surface area contributed by atoms with Gasteiger partial charge in [-0.15, -0.1) is 11.3 Å². The lowest BCUT2D eigenvalue weighted by Crippen LogP contribution is -2.07. The van der Waals surface area contributed by atoms with E-state index in [2.05, 4.69) is 41.2 Å². The molecule has 1 nitrogen and oxygen atoms in total. The van der Waals surface area contributed by atoms with Crippen LogP contribution >= 0.6 is 27.3 Å². The number of hydrogen-bond acceptors (Lipinski definition) is 2. The molecule has 0 saturated heterocycles. The van der Waals surface area contributed by atoms with E-state index in [9.17, 15) is 0 Å². The summed E-state index contributed by atoms with van der Waals surface area (Å²) in [6.07, 6.45) is 2.21. The topological polar surface area (TPSA) is 9.23 Å². The van der Waals surface area contributed by atoms with E-state index >= 15 is 0 Å². The first-order chi connectivity index (χ1) is 6.74. The molecule has 0 radical (unpaired) electrons. The molecule has 1 heterocycles. The van der Waals surface area contributed by atoms with E-state index in [-0.39, 0.29) is 0 Å². The molecule has 3 heteroatoms. The molecule has 0 amide bonds. The first-order valence-electron chi connectivity index (χ1n) is 5.03. The summed E-state index contributed by atoms with van der Waals surface area (Å²) in [5.41, 5.74) is 1.36. The Balaban J connectivity index is 2.13. The van der Waals surface area contributed by atoms with Gasteiger partial charge in [-0.3, -0.25) is 0 Å². The molecule has 1 rings (SSSR count). The summed E-state index contributed by atoms with van der Waals surface area (Å²) in [5.74, 6) is 0.681. The number of ether oxygens (including phenoxy) is 1. The third kappa shape index (κ3) is 4.11. The molecule has 0 unspecified atom stereocenters. The monoisotopic (exact) mass is 276 g/mol. The first-order valence-corrected chi connectivity index (χ1v) is 6.71. The normalized spacial score (nSPS) is 13.1. The lowest BCUT2D eigenvalue weighted by Gasteiger charge is -2.08. The van der Waals surface area contributed by atoms with Crippen LogP contribution in [0.2, 0.25) is 0 Å². The van der Waals surface area contributed by atoms with Crippen molar-refractivity contribution in [2.45, 2.75) is 26.7 Å². The van der Waals surface area contributed by atoms with Crippen molar-refractivity contribution in [3.63, 3.8) is 0 Å². The predicted molar refractivity (Wildman–Crippen MR) is 66.0 cm³/mol. The minimum absolute atomic E-state index is 0.681. The number of halogens is 1. The van der Waals surface area contributed by atoms with Crippen LogP contribution in [0.15, 0.2) is 15.2 Å². The molecule has 14 heavy (non-hydrogen) atoms. The van der Waals surface area contributed by atoms with Crippen LogP contribution in [-0.2, 0) is 11.2 Å². The summed E-state index contributed by atoms with van der Waals surface area (Å²) in [7, 11) is 0. The lowest BCUT2D eigenvalue weighted by atomic mass is 10.1. The zero-order valence-electron chi connectivity index (χ0n) is 8.75. The van der Waals surface area contributed by atoms with Crippen molar-refractivity contribution in [1.29, 1.82) is 0 Å². The van der Waals surface area contributed by atoms with Crippen LogP contribution in [0.3, 0.4) is 0 Å². The van der Waals surface area contributed by atoms with Gasteiger partial charge < -0.3 is 4.74 Å². The average Bonchev–Trinajstić information content (AvgIpc) is 2.58. The van der Waals surface area contributed by atoms with Crippen LogP contribution in [0, 0.1) is 5.92 Å². The minimum Gasteiger partial charge on any atom is -0.381 e. The quantitative estimate of drug-likeness (QED) is 0.711. The van der Waals surface area contributed by atoms with Gasteiger partial charge in [-0.1, -0.05) is 20.3 Å². The van der Waals surface area contributed by atoms with E-state index in [1.165, 1.54) is 15.8 Å². The largest absolute Gasteiger partial charge is 0.381 e. The van der Waals surface area contributed by atoms with Crippen LogP contribution in [0.5, 0.6) is 0 Å². The maximum Gasteiger partial charge on any atom is 0.0731 e. The average molecular weight is 277 g/mol. The lowest BCUT2D eigenvalue weighted by molar-refractivity contribution is 0.106. The third-order valence-corrected chi connectivity index (χ3v) is 4.12. The van der Waals surface area contributed by atoms with Gasteiger partial charge >= 0.3 is 0 Å². The molecule has 0 aliphatic carbocycles. The number of rotatable bonds is 6. The van der Waals surface area contributed by atoms with Crippen LogP contribution in [0.25, 0.3) is 0 Å². The van der Waals surface area contributed by atoms with Gasteiger partial charge in [0.1, 0.15) is 0 Å². The highest BCUT2D eigenvalue weighted by atomic mass is 79.9. The molecule has 80 valence electrons. The van der Waals surface area contributed by atoms with E-state index in [0.29, 0.717) is 5.92 Å². The maximum atomic E-state index is 5.60. The van der Waals surface area contributed by atoms with Crippen LogP contribution in [0.1, 0.15) is 25.8 Å². The molecule has 0 aliphatic rings. The van der Waals surface area contributed by atoms with Crippen LogP contribution < -0.4 is 0 Å². The molecule has 1 aromatic heterocycles. The van der Waals surface area contributed by atoms with Crippen molar-refractivity contribution in [2.75, 3.05) is 13.2 Å². The minimum atomic E-state index is 0.681. The Hall–Kier alpha value is 0.140. The van der Waals surface area contributed by atoms with Crippen molar-refractivity contribution in [3.05, 3.63) is 20.8 Å². The van der Waals surface area contributed by atoms with Crippen molar-refractivity contribution in [3.8, 4) is 0 Å². The Bertz CT molecular complexity index is 260. The fourth-order valence-corrected chi connectivity index (χ4v) is 2.41. The second-order valence-electron chi connectivity index (χ2n) is 3.56. The molecular formula is C11H17BrOS. The van der Waals surface area contributed by atoms with Gasteiger partial charge in [-0.05, 0) is 45.3 Å². The molecular weight excluding hydrogens is 260 g/mol. The fraction of sp³-hybridized carbons (Fsp3) is 0.636. The fourth-order valence-electron chi connectivity index (χ4n) is 1.08. The Morgan fingerprint density at radius 2 is 2.36 bits per heavy atom. The predicted octanol–water partition coefficient (Wildman–Crippen LogP) is 4.12. The van der Waals surface area contributed by atoms with E-state index in [1.54, 1.807) is 11.3 Å². The van der Waals surface area contributed by atoms with Crippen molar-refractivity contribution in [2.24, 2.45) is 5.92 Å². The summed E-state index contributed by atoms with van der Waals surface area (Å²) in [6.45, 7) is 6.14. The van der Waals surface area contributed by atoms with Gasteiger partial charge in [-0.2, -0.15) is 0 Å². The van der Waals surface area contributed by atoms with Gasteiger partial charge in [0, 0.05) is 6.61 Å². The third-order valence-electron chi connectivity index (χ3n) is 2.31. The highest BCUT2D eigenvalue weighted by Crippen LogP contribution is 2.23. The Labute approximate surface area is 98.6 Å². The van der Waals surface area contributed by atoms with E-state index < -0.39 is 0 Å². The molecule has 0 saturated carbocycles. The van der Waals surface area contributed by atoms with Crippen LogP contribution in [0.4, 0.5) is 0 Å². The second-order valence-corrected chi connectivity index (χ2v) is 5.79. The van der Waals surface area contributed by atoms with Gasteiger partial charge in [0.05, 0.1) is 10.4 Å². The molecule has 0 spiro atoms. The number of thiophene rings is 1. The maximum absolute atomic E-state index is 5.60. The van der Waals surface area contributed by atoms with Gasteiger partial charge in [0.2, 0.25) is 0 Å². The van der Waals surface area contributed by atoms with E-state index in [4.69, 9.17) is 4.74 Å². The molecule has 0 bridgehead atoms. The molecule has 0 N–H and O–H groups in total. The number of hydrogen-bond donors (Lipinski definition) is 0. The van der Waals surface area contributed by atoms with Crippen LogP contribution in [-0.4, -0.2) is 13.2 Å². The molecule has 1 aromatic rings. The van der Waals surface area contributed by atoms with Crippen molar-refractivity contribution in [1.82, 2.24) is 0 Å². The molecule has 0 aromatic carbocycles. The standard InChI is InChI=1S/C11H17BrOS/c1-3-9(2)8-13-6-4-10-5-7-14-11(10)12/h5,7,9H,3-4,6,8H2,1-2H3/t9-/m0/s1. The summed E-state index contributed by atoms with van der Waals surface area (Å²) >= 11 is 5.26. The zero-order chi connectivity index (χ0) is 10.4. The van der Waals surface area contributed by atoms with E-state index in [0.717, 1.165) is 19.6 Å². The zero-order valence-corrected chi connectivity index (χ0v) is 11.2. The molecule has 1 atom stereocenters. The van der Waals surface area contributed by atoms with Gasteiger partial charge in [0.15, 0.2) is 0 Å². The summed E-state index contributed by atoms with van der Waals surface area (Å²) in [5, 5.41) is 2.11. The smallest absolute Gasteiger partial charge is 0.0731 e. The molecule has 0 fully saturated rings. The van der Waals surface area contributed by atoms with Gasteiger partial charge in [-0.25, -0.2) is 0 Å². The van der Waals surface area contributed by atoms with Gasteiger partial charge in [0.25, 0.3) is 0 Å². The molecule has 0 aliphatic heterocycles. The van der Waals surface area contributed by atoms with Crippen molar-refractivity contribution < 1.29 is 4.74 Å². The Morgan fingerprint density at radius 3 is 2.93 bits per heavy atom. The summed E-state index contributed by atoms with van der Waals surface area (Å²) in [4.78, 5) is 0. The Morgan fingerprint density at radius 1 is 1.57 bits per heavy atom. The second kappa shape index (κ2) is 6.59. The highest BCUT2D eigenvalue weighted by molar-refractivity contribution is 9.11. The van der Waals surface area contributed by atoms with E-state index in [1.807, 2.05) is 0 Å². The first kappa shape index (κ1) is 12.2. The summed E-state index contributed by atoms with van der Waals surface area (Å²) < 4.78 is 6.84. The summed E-state index contributed by atoms with van der Waals surface area (Å²) in [6, 6.07) is 2.15. The Kier molecular flexibility index (Phi) is 5.75. The SMILES string of the molecule is CC[C@H](C)COCCc1ccsc1Br. The highest BCUT2D eigenvalue weighted by Gasteiger charge is 2.02. The van der Waals surface area contributed by atoms with Crippen molar-refractivity contribution >= 4 is 27.3 Å².